The van der Waals surface area contributed by atoms with Gasteiger partial charge in [0, 0.05) is 22.5 Å². The molecule has 0 aliphatic carbocycles. The van der Waals surface area contributed by atoms with Crippen LogP contribution < -0.4 is 15.4 Å². The zero-order valence-corrected chi connectivity index (χ0v) is 15.7. The summed E-state index contributed by atoms with van der Waals surface area (Å²) in [5.74, 6) is 0.931. The van der Waals surface area contributed by atoms with Crippen LogP contribution in [0.5, 0.6) is 5.75 Å². The van der Waals surface area contributed by atoms with Gasteiger partial charge in [-0.3, -0.25) is 4.79 Å². The summed E-state index contributed by atoms with van der Waals surface area (Å²) < 4.78 is 5.39. The molecule has 0 unspecified atom stereocenters. The molecule has 0 radical (unpaired) electrons. The molecule has 0 aliphatic rings. The lowest BCUT2D eigenvalue weighted by molar-refractivity contribution is 0.102. The molecule has 6 nitrogen and oxygen atoms in total. The average molecular weight is 383 g/mol. The van der Waals surface area contributed by atoms with E-state index in [1.165, 1.54) is 6.33 Å². The number of anilines is 3. The Morgan fingerprint density at radius 1 is 1.11 bits per heavy atom. The molecule has 0 saturated carbocycles. The Morgan fingerprint density at radius 2 is 1.89 bits per heavy atom. The van der Waals surface area contributed by atoms with Gasteiger partial charge in [0.25, 0.3) is 5.91 Å². The third-order valence-corrected chi connectivity index (χ3v) is 4.02. The van der Waals surface area contributed by atoms with Crippen molar-refractivity contribution in [1.29, 1.82) is 0 Å². The largest absolute Gasteiger partial charge is 0.494 e. The van der Waals surface area contributed by atoms with E-state index in [0.29, 0.717) is 23.1 Å². The molecule has 0 fully saturated rings. The van der Waals surface area contributed by atoms with E-state index in [4.69, 9.17) is 16.3 Å². The smallest absolute Gasteiger partial charge is 0.274 e. The second-order valence-electron chi connectivity index (χ2n) is 5.78. The molecule has 0 spiro atoms. The van der Waals surface area contributed by atoms with E-state index >= 15 is 0 Å². The van der Waals surface area contributed by atoms with E-state index in [-0.39, 0.29) is 11.6 Å². The summed E-state index contributed by atoms with van der Waals surface area (Å²) in [6.07, 6.45) is 1.34. The summed E-state index contributed by atoms with van der Waals surface area (Å²) in [4.78, 5) is 20.7. The van der Waals surface area contributed by atoms with Gasteiger partial charge < -0.3 is 15.4 Å². The summed E-state index contributed by atoms with van der Waals surface area (Å²) in [5, 5.41) is 6.58. The second-order valence-corrected chi connectivity index (χ2v) is 6.22. The number of hydrogen-bond donors (Lipinski definition) is 2. The Balaban J connectivity index is 1.72. The molecule has 1 aromatic heterocycles. The monoisotopic (exact) mass is 382 g/mol. The van der Waals surface area contributed by atoms with Gasteiger partial charge >= 0.3 is 0 Å². The average Bonchev–Trinajstić information content (AvgIpc) is 2.67. The number of carbonyl (C=O) groups is 1. The Kier molecular flexibility index (Phi) is 5.88. The number of amides is 1. The number of benzene rings is 2. The van der Waals surface area contributed by atoms with Gasteiger partial charge in [0.05, 0.1) is 6.61 Å². The fraction of sp³-hybridized carbons (Fsp3) is 0.150. The lowest BCUT2D eigenvalue weighted by Crippen LogP contribution is -2.14. The Bertz CT molecular complexity index is 945. The second kappa shape index (κ2) is 8.51. The molecule has 0 aliphatic heterocycles. The van der Waals surface area contributed by atoms with Crippen molar-refractivity contribution < 1.29 is 9.53 Å². The molecule has 2 aromatic carbocycles. The first-order valence-electron chi connectivity index (χ1n) is 8.44. The molecule has 1 amide bonds. The molecule has 138 valence electrons. The van der Waals surface area contributed by atoms with Crippen LogP contribution in [0, 0.1) is 6.92 Å². The minimum atomic E-state index is -0.326. The number of nitrogens with one attached hydrogen (secondary N) is 2. The maximum atomic E-state index is 12.5. The molecule has 7 heteroatoms. The van der Waals surface area contributed by atoms with Crippen LogP contribution in [-0.2, 0) is 0 Å². The number of nitrogens with zero attached hydrogens (tertiary/aromatic N) is 2. The lowest BCUT2D eigenvalue weighted by Gasteiger charge is -2.10. The number of hydrogen-bond acceptors (Lipinski definition) is 5. The van der Waals surface area contributed by atoms with Crippen molar-refractivity contribution in [2.75, 3.05) is 17.2 Å². The highest BCUT2D eigenvalue weighted by Gasteiger charge is 2.10. The SMILES string of the molecule is CCOc1ccc(NC(=O)c2cc(Nc3cc(Cl)ccc3C)ncn2)cc1. The Morgan fingerprint density at radius 3 is 2.63 bits per heavy atom. The van der Waals surface area contributed by atoms with Gasteiger partial charge in [-0.05, 0) is 55.8 Å². The summed E-state index contributed by atoms with van der Waals surface area (Å²) in [6.45, 7) is 4.47. The molecule has 27 heavy (non-hydrogen) atoms. The molecule has 0 saturated heterocycles. The van der Waals surface area contributed by atoms with Gasteiger partial charge in [0.15, 0.2) is 0 Å². The van der Waals surface area contributed by atoms with Gasteiger partial charge in [-0.2, -0.15) is 0 Å². The van der Waals surface area contributed by atoms with Crippen LogP contribution in [0.3, 0.4) is 0 Å². The van der Waals surface area contributed by atoms with Crippen molar-refractivity contribution in [1.82, 2.24) is 9.97 Å². The maximum Gasteiger partial charge on any atom is 0.274 e. The lowest BCUT2D eigenvalue weighted by atomic mass is 10.2. The van der Waals surface area contributed by atoms with Crippen LogP contribution in [0.25, 0.3) is 0 Å². The Labute approximate surface area is 162 Å². The molecular weight excluding hydrogens is 364 g/mol. The zero-order valence-electron chi connectivity index (χ0n) is 15.0. The van der Waals surface area contributed by atoms with Crippen molar-refractivity contribution in [3.63, 3.8) is 0 Å². The van der Waals surface area contributed by atoms with Crippen molar-refractivity contribution in [2.24, 2.45) is 0 Å². The minimum Gasteiger partial charge on any atom is -0.494 e. The van der Waals surface area contributed by atoms with E-state index < -0.39 is 0 Å². The summed E-state index contributed by atoms with van der Waals surface area (Å²) in [7, 11) is 0. The zero-order chi connectivity index (χ0) is 19.2. The van der Waals surface area contributed by atoms with E-state index in [9.17, 15) is 4.79 Å². The predicted molar refractivity (Wildman–Crippen MR) is 107 cm³/mol. The first-order chi connectivity index (χ1) is 13.0. The minimum absolute atomic E-state index is 0.251. The van der Waals surface area contributed by atoms with Crippen molar-refractivity contribution in [3.05, 3.63) is 71.1 Å². The number of aryl methyl sites for hydroxylation is 1. The fourth-order valence-electron chi connectivity index (χ4n) is 2.41. The summed E-state index contributed by atoms with van der Waals surface area (Å²) in [6, 6.07) is 14.3. The Hall–Kier alpha value is -3.12. The molecule has 2 N–H and O–H groups in total. The maximum absolute atomic E-state index is 12.5. The molecule has 3 rings (SSSR count). The van der Waals surface area contributed by atoms with Gasteiger partial charge in [0.2, 0.25) is 0 Å². The number of carbonyl (C=O) groups excluding carboxylic acids is 1. The van der Waals surface area contributed by atoms with Gasteiger partial charge in [-0.25, -0.2) is 9.97 Å². The van der Waals surface area contributed by atoms with E-state index in [1.807, 2.05) is 26.0 Å². The molecule has 3 aromatic rings. The van der Waals surface area contributed by atoms with Crippen LogP contribution in [0.4, 0.5) is 17.2 Å². The highest BCUT2D eigenvalue weighted by molar-refractivity contribution is 6.30. The van der Waals surface area contributed by atoms with Gasteiger partial charge in [-0.15, -0.1) is 0 Å². The van der Waals surface area contributed by atoms with Gasteiger partial charge in [0.1, 0.15) is 23.6 Å². The number of ether oxygens (including phenoxy) is 1. The highest BCUT2D eigenvalue weighted by Crippen LogP contribution is 2.23. The third kappa shape index (κ3) is 4.95. The van der Waals surface area contributed by atoms with Crippen LogP contribution in [0.15, 0.2) is 54.9 Å². The van der Waals surface area contributed by atoms with Crippen molar-refractivity contribution in [2.45, 2.75) is 13.8 Å². The predicted octanol–water partition coefficient (Wildman–Crippen LogP) is 4.83. The quantitative estimate of drug-likeness (QED) is 0.638. The van der Waals surface area contributed by atoms with Gasteiger partial charge in [-0.1, -0.05) is 17.7 Å². The molecule has 0 bridgehead atoms. The number of rotatable bonds is 6. The topological polar surface area (TPSA) is 76.1 Å². The van der Waals surface area contributed by atoms with Crippen molar-refractivity contribution in [3.8, 4) is 5.75 Å². The first-order valence-corrected chi connectivity index (χ1v) is 8.82. The van der Waals surface area contributed by atoms with Crippen LogP contribution >= 0.6 is 11.6 Å². The summed E-state index contributed by atoms with van der Waals surface area (Å²) >= 11 is 6.04. The molecule has 1 heterocycles. The van der Waals surface area contributed by atoms with Crippen LogP contribution in [0.2, 0.25) is 5.02 Å². The van der Waals surface area contributed by atoms with E-state index in [1.54, 1.807) is 36.4 Å². The van der Waals surface area contributed by atoms with E-state index in [2.05, 4.69) is 20.6 Å². The van der Waals surface area contributed by atoms with Crippen LogP contribution in [-0.4, -0.2) is 22.5 Å². The summed E-state index contributed by atoms with van der Waals surface area (Å²) in [5.41, 5.74) is 2.74. The fourth-order valence-corrected chi connectivity index (χ4v) is 2.59. The normalized spacial score (nSPS) is 10.3. The highest BCUT2D eigenvalue weighted by atomic mass is 35.5. The number of halogens is 1. The standard InChI is InChI=1S/C20H19ClN4O2/c1-3-27-16-8-6-15(7-9-16)24-20(26)18-11-19(23-12-22-18)25-17-10-14(21)5-4-13(17)2/h4-12H,3H2,1-2H3,(H,24,26)(H,22,23,25). The molecular formula is C20H19ClN4O2. The van der Waals surface area contributed by atoms with Crippen molar-refractivity contribution >= 4 is 34.7 Å². The van der Waals surface area contributed by atoms with E-state index in [0.717, 1.165) is 17.0 Å². The van der Waals surface area contributed by atoms with Crippen LogP contribution in [0.1, 0.15) is 23.0 Å². The number of aromatic nitrogens is 2. The first kappa shape index (κ1) is 18.7. The third-order valence-electron chi connectivity index (χ3n) is 3.79. The molecule has 0 atom stereocenters.